The summed E-state index contributed by atoms with van der Waals surface area (Å²) in [5, 5.41) is 21.5. The smallest absolute Gasteiger partial charge is 0.220 e. The Labute approximate surface area is 151 Å². The lowest BCUT2D eigenvalue weighted by molar-refractivity contribution is -0.121. The molecule has 25 heavy (non-hydrogen) atoms. The number of aliphatic hydroxyl groups excluding tert-OH is 1. The molecule has 1 amide bonds. The van der Waals surface area contributed by atoms with Crippen LogP contribution in [-0.2, 0) is 4.79 Å². The third-order valence-corrected chi connectivity index (χ3v) is 5.65. The standard InChI is InChI=1S/C19H23N3O2S/c1-11(19-12(2)21-22-13(19)3)8-18(24)20-10-15(23)17-9-14-6-4-5-7-16(14)25-17/h4-7,9,11,15,23H,8,10H2,1-3H3,(H,20,24)(H,21,22). The van der Waals surface area contributed by atoms with Gasteiger partial charge in [0.25, 0.3) is 0 Å². The van der Waals surface area contributed by atoms with Crippen molar-refractivity contribution in [3.8, 4) is 0 Å². The number of hydrogen-bond donors (Lipinski definition) is 3. The molecule has 3 N–H and O–H groups in total. The van der Waals surface area contributed by atoms with Crippen LogP contribution < -0.4 is 5.32 Å². The number of aromatic amines is 1. The molecule has 0 saturated carbocycles. The van der Waals surface area contributed by atoms with Crippen LogP contribution in [0.4, 0.5) is 0 Å². The molecule has 0 spiro atoms. The van der Waals surface area contributed by atoms with Crippen LogP contribution in [0.15, 0.2) is 30.3 Å². The number of benzene rings is 1. The number of rotatable bonds is 6. The van der Waals surface area contributed by atoms with Crippen molar-refractivity contribution in [1.82, 2.24) is 15.5 Å². The second kappa shape index (κ2) is 7.37. The van der Waals surface area contributed by atoms with E-state index in [0.717, 1.165) is 31.9 Å². The normalized spacial score (nSPS) is 13.8. The van der Waals surface area contributed by atoms with E-state index in [-0.39, 0.29) is 18.4 Å². The molecule has 2 unspecified atom stereocenters. The van der Waals surface area contributed by atoms with Gasteiger partial charge >= 0.3 is 0 Å². The summed E-state index contributed by atoms with van der Waals surface area (Å²) in [7, 11) is 0. The Hall–Kier alpha value is -2.18. The summed E-state index contributed by atoms with van der Waals surface area (Å²) in [6, 6.07) is 10.0. The first-order chi connectivity index (χ1) is 12.0. The highest BCUT2D eigenvalue weighted by Crippen LogP contribution is 2.29. The van der Waals surface area contributed by atoms with Crippen LogP contribution in [-0.4, -0.2) is 27.8 Å². The number of hydrogen-bond acceptors (Lipinski definition) is 4. The average molecular weight is 357 g/mol. The summed E-state index contributed by atoms with van der Waals surface area (Å²) >= 11 is 1.56. The van der Waals surface area contributed by atoms with Gasteiger partial charge in [0.2, 0.25) is 5.91 Å². The lowest BCUT2D eigenvalue weighted by Crippen LogP contribution is -2.29. The molecule has 0 aliphatic carbocycles. The van der Waals surface area contributed by atoms with E-state index in [1.807, 2.05) is 51.1 Å². The number of carbonyl (C=O) groups excluding carboxylic acids is 1. The Bertz CT molecular complexity index is 831. The fourth-order valence-electron chi connectivity index (χ4n) is 3.22. The first-order valence-electron chi connectivity index (χ1n) is 8.40. The first kappa shape index (κ1) is 17.6. The van der Waals surface area contributed by atoms with Crippen LogP contribution in [0, 0.1) is 13.8 Å². The Kier molecular flexibility index (Phi) is 5.20. The third kappa shape index (κ3) is 3.91. The van der Waals surface area contributed by atoms with Crippen LogP contribution in [0.3, 0.4) is 0 Å². The summed E-state index contributed by atoms with van der Waals surface area (Å²) in [5.41, 5.74) is 3.03. The quantitative estimate of drug-likeness (QED) is 0.631. The van der Waals surface area contributed by atoms with Gasteiger partial charge < -0.3 is 10.4 Å². The van der Waals surface area contributed by atoms with Gasteiger partial charge in [0, 0.05) is 28.2 Å². The summed E-state index contributed by atoms with van der Waals surface area (Å²) < 4.78 is 1.14. The average Bonchev–Trinajstić information content (AvgIpc) is 3.15. The Morgan fingerprint density at radius 2 is 2.12 bits per heavy atom. The molecule has 5 nitrogen and oxygen atoms in total. The zero-order valence-electron chi connectivity index (χ0n) is 14.7. The summed E-state index contributed by atoms with van der Waals surface area (Å²) in [6.07, 6.45) is -0.311. The van der Waals surface area contributed by atoms with E-state index >= 15 is 0 Å². The number of aryl methyl sites for hydroxylation is 2. The number of nitrogens with one attached hydrogen (secondary N) is 2. The maximum absolute atomic E-state index is 12.2. The SMILES string of the molecule is Cc1n[nH]c(C)c1C(C)CC(=O)NCC(O)c1cc2ccccc2s1. The van der Waals surface area contributed by atoms with Gasteiger partial charge in [-0.25, -0.2) is 0 Å². The number of aliphatic hydroxyl groups is 1. The topological polar surface area (TPSA) is 78.0 Å². The van der Waals surface area contributed by atoms with Gasteiger partial charge in [-0.15, -0.1) is 11.3 Å². The maximum atomic E-state index is 12.2. The molecule has 2 atom stereocenters. The summed E-state index contributed by atoms with van der Waals surface area (Å²) in [4.78, 5) is 13.1. The van der Waals surface area contributed by atoms with Gasteiger partial charge in [-0.05, 0) is 42.8 Å². The second-order valence-electron chi connectivity index (χ2n) is 6.46. The van der Waals surface area contributed by atoms with E-state index in [1.165, 1.54) is 0 Å². The number of amides is 1. The Balaban J connectivity index is 1.56. The molecule has 0 aliphatic rings. The predicted molar refractivity (Wildman–Crippen MR) is 101 cm³/mol. The largest absolute Gasteiger partial charge is 0.386 e. The van der Waals surface area contributed by atoms with Crippen molar-refractivity contribution < 1.29 is 9.90 Å². The predicted octanol–water partition coefficient (Wildman–Crippen LogP) is 3.58. The molecule has 6 heteroatoms. The van der Waals surface area contributed by atoms with Crippen molar-refractivity contribution in [2.45, 2.75) is 39.2 Å². The minimum absolute atomic E-state index is 0.0624. The monoisotopic (exact) mass is 357 g/mol. The Morgan fingerprint density at radius 1 is 1.36 bits per heavy atom. The van der Waals surface area contributed by atoms with Gasteiger partial charge in [-0.1, -0.05) is 25.1 Å². The number of nitrogens with zero attached hydrogens (tertiary/aromatic N) is 1. The Morgan fingerprint density at radius 3 is 2.80 bits per heavy atom. The van der Waals surface area contributed by atoms with E-state index in [2.05, 4.69) is 15.5 Å². The molecular weight excluding hydrogens is 334 g/mol. The number of H-pyrrole nitrogens is 1. The lowest BCUT2D eigenvalue weighted by atomic mass is 9.95. The van der Waals surface area contributed by atoms with Crippen molar-refractivity contribution in [3.05, 3.63) is 52.2 Å². The third-order valence-electron chi connectivity index (χ3n) is 4.44. The van der Waals surface area contributed by atoms with Gasteiger partial charge in [0.05, 0.1) is 5.69 Å². The van der Waals surface area contributed by atoms with Crippen molar-refractivity contribution in [2.24, 2.45) is 0 Å². The minimum Gasteiger partial charge on any atom is -0.386 e. The van der Waals surface area contributed by atoms with Crippen molar-refractivity contribution in [1.29, 1.82) is 0 Å². The van der Waals surface area contributed by atoms with E-state index in [1.54, 1.807) is 11.3 Å². The molecule has 132 valence electrons. The van der Waals surface area contributed by atoms with E-state index in [4.69, 9.17) is 0 Å². The molecule has 0 radical (unpaired) electrons. The zero-order valence-corrected chi connectivity index (χ0v) is 15.5. The van der Waals surface area contributed by atoms with Crippen LogP contribution in [0.2, 0.25) is 0 Å². The van der Waals surface area contributed by atoms with Crippen LogP contribution in [0.25, 0.3) is 10.1 Å². The van der Waals surface area contributed by atoms with E-state index < -0.39 is 6.10 Å². The fourth-order valence-corrected chi connectivity index (χ4v) is 4.27. The molecule has 2 aromatic heterocycles. The van der Waals surface area contributed by atoms with Crippen LogP contribution in [0.1, 0.15) is 47.2 Å². The maximum Gasteiger partial charge on any atom is 0.220 e. The molecular formula is C19H23N3O2S. The molecule has 0 aliphatic heterocycles. The molecule has 0 bridgehead atoms. The number of aromatic nitrogens is 2. The van der Waals surface area contributed by atoms with Gasteiger partial charge in [0.1, 0.15) is 6.10 Å². The van der Waals surface area contributed by atoms with Gasteiger partial charge in [-0.2, -0.15) is 5.10 Å². The van der Waals surface area contributed by atoms with Crippen LogP contribution in [0.5, 0.6) is 0 Å². The molecule has 0 saturated heterocycles. The molecule has 3 aromatic rings. The highest BCUT2D eigenvalue weighted by molar-refractivity contribution is 7.19. The lowest BCUT2D eigenvalue weighted by Gasteiger charge is -2.14. The van der Waals surface area contributed by atoms with Crippen molar-refractivity contribution in [2.75, 3.05) is 6.54 Å². The van der Waals surface area contributed by atoms with Crippen molar-refractivity contribution in [3.63, 3.8) is 0 Å². The fraction of sp³-hybridized carbons (Fsp3) is 0.368. The van der Waals surface area contributed by atoms with E-state index in [9.17, 15) is 9.90 Å². The number of carbonyl (C=O) groups is 1. The second-order valence-corrected chi connectivity index (χ2v) is 7.57. The van der Waals surface area contributed by atoms with Crippen LogP contribution >= 0.6 is 11.3 Å². The summed E-state index contributed by atoms with van der Waals surface area (Å²) in [6.45, 7) is 6.15. The minimum atomic E-state index is -0.686. The van der Waals surface area contributed by atoms with Crippen molar-refractivity contribution >= 4 is 27.3 Å². The first-order valence-corrected chi connectivity index (χ1v) is 9.22. The van der Waals surface area contributed by atoms with Gasteiger partial charge in [0.15, 0.2) is 0 Å². The van der Waals surface area contributed by atoms with E-state index in [0.29, 0.717) is 6.42 Å². The molecule has 3 rings (SSSR count). The highest BCUT2D eigenvalue weighted by Gasteiger charge is 2.18. The number of fused-ring (bicyclic) bond motifs is 1. The van der Waals surface area contributed by atoms with Gasteiger partial charge in [-0.3, -0.25) is 9.89 Å². The number of thiophene rings is 1. The molecule has 1 aromatic carbocycles. The zero-order chi connectivity index (χ0) is 18.0. The summed E-state index contributed by atoms with van der Waals surface area (Å²) in [5.74, 6) is 0.0212. The molecule has 0 fully saturated rings. The highest BCUT2D eigenvalue weighted by atomic mass is 32.1. The molecule has 2 heterocycles.